The summed E-state index contributed by atoms with van der Waals surface area (Å²) in [6, 6.07) is 20.9. The van der Waals surface area contributed by atoms with E-state index in [9.17, 15) is 14.0 Å². The minimum absolute atomic E-state index is 0.154. The molecule has 0 radical (unpaired) electrons. The molecule has 0 saturated carbocycles. The van der Waals surface area contributed by atoms with Crippen molar-refractivity contribution in [3.8, 4) is 17.2 Å². The van der Waals surface area contributed by atoms with Crippen LogP contribution in [0, 0.1) is 17.1 Å². The van der Waals surface area contributed by atoms with Crippen molar-refractivity contribution in [2.45, 2.75) is 20.1 Å². The average Bonchev–Trinajstić information content (AvgIpc) is 3.38. The molecule has 0 unspecified atom stereocenters. The minimum Gasteiger partial charge on any atom is -0.377 e. The Morgan fingerprint density at radius 2 is 1.89 bits per heavy atom. The van der Waals surface area contributed by atoms with Gasteiger partial charge in [-0.1, -0.05) is 30.3 Å². The molecule has 0 spiro atoms. The maximum absolute atomic E-state index is 14.5. The van der Waals surface area contributed by atoms with E-state index in [1.807, 2.05) is 31.2 Å². The molecule has 38 heavy (non-hydrogen) atoms. The van der Waals surface area contributed by atoms with E-state index in [-0.39, 0.29) is 29.6 Å². The van der Waals surface area contributed by atoms with Crippen LogP contribution in [-0.4, -0.2) is 34.7 Å². The molecule has 2 amide bonds. The molecule has 5 rings (SSSR count). The van der Waals surface area contributed by atoms with Gasteiger partial charge in [-0.05, 0) is 54.4 Å². The van der Waals surface area contributed by atoms with Crippen LogP contribution < -0.4 is 10.2 Å². The number of halogens is 1. The van der Waals surface area contributed by atoms with Crippen LogP contribution in [0.3, 0.4) is 0 Å². The number of aromatic nitrogens is 2. The third-order valence-corrected chi connectivity index (χ3v) is 6.34. The zero-order chi connectivity index (χ0) is 26.6. The molecule has 4 aromatic rings. The number of amides is 2. The Kier molecular flexibility index (Phi) is 6.98. The van der Waals surface area contributed by atoms with Crippen LogP contribution in [0.4, 0.5) is 15.8 Å². The van der Waals surface area contributed by atoms with Crippen molar-refractivity contribution in [1.82, 2.24) is 9.78 Å². The van der Waals surface area contributed by atoms with Gasteiger partial charge >= 0.3 is 0 Å². The highest BCUT2D eigenvalue weighted by atomic mass is 19.1. The average molecular weight is 510 g/mol. The molecule has 0 fully saturated rings. The fourth-order valence-electron chi connectivity index (χ4n) is 4.37. The van der Waals surface area contributed by atoms with Gasteiger partial charge in [-0.3, -0.25) is 14.3 Å². The van der Waals surface area contributed by atoms with E-state index in [2.05, 4.69) is 10.4 Å². The van der Waals surface area contributed by atoms with Gasteiger partial charge in [0.2, 0.25) is 0 Å². The standard InChI is InChI=1S/C29H24FN5O3/c1-2-38-18-22-7-6-21(15-26(22)30)20-8-10-24(11-9-20)34-12-13-35-27(29(34)37)25(17-32-35)28(36)33-23-5-3-4-19(14-23)16-31/h3-11,14-15,17H,2,12-13,18H2,1H3,(H,33,36). The Morgan fingerprint density at radius 1 is 1.11 bits per heavy atom. The number of nitrogens with one attached hydrogen (secondary N) is 1. The normalized spacial score (nSPS) is 12.7. The maximum atomic E-state index is 14.5. The first kappa shape index (κ1) is 24.9. The van der Waals surface area contributed by atoms with Crippen LogP contribution in [0.1, 0.15) is 38.9 Å². The predicted molar refractivity (Wildman–Crippen MR) is 140 cm³/mol. The predicted octanol–water partition coefficient (Wildman–Crippen LogP) is 5.01. The molecule has 1 aliphatic rings. The van der Waals surface area contributed by atoms with Gasteiger partial charge in [-0.25, -0.2) is 4.39 Å². The molecule has 9 heteroatoms. The number of anilines is 2. The molecular weight excluding hydrogens is 485 g/mol. The van der Waals surface area contributed by atoms with Gasteiger partial charge in [0.1, 0.15) is 11.5 Å². The number of ether oxygens (including phenoxy) is 1. The van der Waals surface area contributed by atoms with E-state index >= 15 is 0 Å². The van der Waals surface area contributed by atoms with Crippen molar-refractivity contribution < 1.29 is 18.7 Å². The van der Waals surface area contributed by atoms with E-state index in [1.54, 1.807) is 47.4 Å². The third-order valence-electron chi connectivity index (χ3n) is 6.34. The monoisotopic (exact) mass is 509 g/mol. The number of rotatable bonds is 7. The third kappa shape index (κ3) is 4.90. The summed E-state index contributed by atoms with van der Waals surface area (Å²) in [5.74, 6) is -1.16. The summed E-state index contributed by atoms with van der Waals surface area (Å²) >= 11 is 0. The first-order valence-electron chi connectivity index (χ1n) is 12.1. The molecule has 2 heterocycles. The summed E-state index contributed by atoms with van der Waals surface area (Å²) in [4.78, 5) is 28.0. The van der Waals surface area contributed by atoms with Crippen molar-refractivity contribution in [2.24, 2.45) is 0 Å². The van der Waals surface area contributed by atoms with Gasteiger partial charge in [-0.2, -0.15) is 10.4 Å². The van der Waals surface area contributed by atoms with E-state index in [4.69, 9.17) is 10.00 Å². The summed E-state index contributed by atoms with van der Waals surface area (Å²) in [6.45, 7) is 3.41. The number of carbonyl (C=O) groups excluding carboxylic acids is 2. The van der Waals surface area contributed by atoms with Crippen molar-refractivity contribution in [1.29, 1.82) is 5.26 Å². The number of nitriles is 1. The molecular formula is C29H24FN5O3. The topological polar surface area (TPSA) is 100 Å². The lowest BCUT2D eigenvalue weighted by Gasteiger charge is -2.28. The molecule has 190 valence electrons. The van der Waals surface area contributed by atoms with Crippen molar-refractivity contribution in [3.63, 3.8) is 0 Å². The molecule has 0 atom stereocenters. The Bertz CT molecular complexity index is 1560. The van der Waals surface area contributed by atoms with Crippen LogP contribution in [0.5, 0.6) is 0 Å². The molecule has 1 aromatic heterocycles. The van der Waals surface area contributed by atoms with Gasteiger partial charge in [0.25, 0.3) is 11.8 Å². The molecule has 1 N–H and O–H groups in total. The number of fused-ring (bicyclic) bond motifs is 1. The zero-order valence-electron chi connectivity index (χ0n) is 20.6. The van der Waals surface area contributed by atoms with Gasteiger partial charge in [0.15, 0.2) is 0 Å². The summed E-state index contributed by atoms with van der Waals surface area (Å²) in [7, 11) is 0. The molecule has 8 nitrogen and oxygen atoms in total. The number of carbonyl (C=O) groups is 2. The molecule has 0 saturated heterocycles. The summed E-state index contributed by atoms with van der Waals surface area (Å²) in [6.07, 6.45) is 1.38. The lowest BCUT2D eigenvalue weighted by Crippen LogP contribution is -2.41. The van der Waals surface area contributed by atoms with Crippen LogP contribution in [0.25, 0.3) is 11.1 Å². The second kappa shape index (κ2) is 10.7. The first-order valence-corrected chi connectivity index (χ1v) is 12.1. The molecule has 1 aliphatic heterocycles. The lowest BCUT2D eigenvalue weighted by molar-refractivity contribution is 0.0947. The Labute approximate surface area is 218 Å². The zero-order valence-corrected chi connectivity index (χ0v) is 20.6. The van der Waals surface area contributed by atoms with Crippen molar-refractivity contribution in [3.05, 3.63) is 101 Å². The molecule has 0 bridgehead atoms. The fraction of sp³-hybridized carbons (Fsp3) is 0.172. The van der Waals surface area contributed by atoms with E-state index in [0.717, 1.165) is 11.1 Å². The fourth-order valence-corrected chi connectivity index (χ4v) is 4.37. The van der Waals surface area contributed by atoms with Crippen molar-refractivity contribution in [2.75, 3.05) is 23.4 Å². The van der Waals surface area contributed by atoms with Gasteiger partial charge in [-0.15, -0.1) is 0 Å². The van der Waals surface area contributed by atoms with E-state index in [1.165, 1.54) is 16.9 Å². The minimum atomic E-state index is -0.485. The second-order valence-electron chi connectivity index (χ2n) is 8.72. The van der Waals surface area contributed by atoms with Crippen molar-refractivity contribution >= 4 is 23.2 Å². The van der Waals surface area contributed by atoms with E-state index < -0.39 is 5.91 Å². The number of nitrogens with zero attached hydrogens (tertiary/aromatic N) is 4. The number of benzene rings is 3. The highest BCUT2D eigenvalue weighted by Gasteiger charge is 2.32. The summed E-state index contributed by atoms with van der Waals surface area (Å²) < 4.78 is 21.3. The van der Waals surface area contributed by atoms with Crippen LogP contribution in [0.2, 0.25) is 0 Å². The quantitative estimate of drug-likeness (QED) is 0.378. The van der Waals surface area contributed by atoms with Gasteiger partial charge < -0.3 is 15.0 Å². The lowest BCUT2D eigenvalue weighted by atomic mass is 10.0. The van der Waals surface area contributed by atoms with Gasteiger partial charge in [0.05, 0.1) is 36.5 Å². The molecule has 0 aliphatic carbocycles. The van der Waals surface area contributed by atoms with Crippen LogP contribution in [0.15, 0.2) is 72.9 Å². The highest BCUT2D eigenvalue weighted by molar-refractivity contribution is 6.15. The largest absolute Gasteiger partial charge is 0.377 e. The second-order valence-corrected chi connectivity index (χ2v) is 8.72. The first-order chi connectivity index (χ1) is 18.5. The Morgan fingerprint density at radius 3 is 2.63 bits per heavy atom. The Balaban J connectivity index is 1.35. The molecule has 3 aromatic carbocycles. The number of hydrogen-bond acceptors (Lipinski definition) is 5. The van der Waals surface area contributed by atoms with E-state index in [0.29, 0.717) is 42.2 Å². The highest BCUT2D eigenvalue weighted by Crippen LogP contribution is 2.28. The van der Waals surface area contributed by atoms with Crippen LogP contribution in [-0.2, 0) is 17.9 Å². The SMILES string of the molecule is CCOCc1ccc(-c2ccc(N3CCn4ncc(C(=O)Nc5cccc(C#N)c5)c4C3=O)cc2)cc1F. The van der Waals surface area contributed by atoms with Crippen LogP contribution >= 0.6 is 0 Å². The smallest absolute Gasteiger partial charge is 0.277 e. The summed E-state index contributed by atoms with van der Waals surface area (Å²) in [5, 5.41) is 16.1. The number of hydrogen-bond donors (Lipinski definition) is 1. The summed E-state index contributed by atoms with van der Waals surface area (Å²) in [5.41, 5.74) is 3.90. The Hall–Kier alpha value is -4.81. The maximum Gasteiger partial charge on any atom is 0.277 e. The van der Waals surface area contributed by atoms with Gasteiger partial charge in [0, 0.05) is 30.1 Å².